The number of nitrogens with two attached hydrogens (primary N) is 2. The van der Waals surface area contributed by atoms with Crippen LogP contribution in [-0.4, -0.2) is 82.9 Å². The van der Waals surface area contributed by atoms with Gasteiger partial charge in [-0.2, -0.15) is 0 Å². The fraction of sp³-hybridized carbons (Fsp3) is 0.650. The molecule has 0 spiro atoms. The fourth-order valence-electron chi connectivity index (χ4n) is 2.79. The van der Waals surface area contributed by atoms with E-state index in [4.69, 9.17) is 16.6 Å². The summed E-state index contributed by atoms with van der Waals surface area (Å²) in [5, 5.41) is 27.3. The Balaban J connectivity index is 5.53. The highest BCUT2D eigenvalue weighted by atomic mass is 16.4. The molecule has 10 N–H and O–H groups in total. The van der Waals surface area contributed by atoms with Gasteiger partial charge in [0, 0.05) is 12.8 Å². The van der Waals surface area contributed by atoms with Crippen LogP contribution in [-0.2, 0) is 33.6 Å². The highest BCUT2D eigenvalue weighted by molar-refractivity contribution is 5.94. The number of aliphatic carboxylic acids is 2. The van der Waals surface area contributed by atoms with E-state index in [2.05, 4.69) is 21.3 Å². The number of carbonyl (C=O) groups is 7. The van der Waals surface area contributed by atoms with E-state index >= 15 is 0 Å². The average Bonchev–Trinajstić information content (AvgIpc) is 2.79. The van der Waals surface area contributed by atoms with E-state index in [9.17, 15) is 38.7 Å². The summed E-state index contributed by atoms with van der Waals surface area (Å²) < 4.78 is 0. The Morgan fingerprint density at radius 1 is 0.829 bits per heavy atom. The molecule has 0 fully saturated rings. The molecule has 0 heterocycles. The van der Waals surface area contributed by atoms with E-state index in [1.807, 2.05) is 0 Å². The first-order valence-corrected chi connectivity index (χ1v) is 10.9. The predicted molar refractivity (Wildman–Crippen MR) is 120 cm³/mol. The first-order valence-electron chi connectivity index (χ1n) is 10.9. The molecule has 0 aliphatic rings. The lowest BCUT2D eigenvalue weighted by Crippen LogP contribution is -2.58. The van der Waals surface area contributed by atoms with Crippen molar-refractivity contribution in [3.05, 3.63) is 0 Å². The van der Waals surface area contributed by atoms with E-state index in [0.29, 0.717) is 6.42 Å². The minimum Gasteiger partial charge on any atom is -0.481 e. The zero-order valence-corrected chi connectivity index (χ0v) is 19.7. The van der Waals surface area contributed by atoms with E-state index in [-0.39, 0.29) is 19.4 Å². The van der Waals surface area contributed by atoms with Crippen molar-refractivity contribution in [1.29, 1.82) is 0 Å². The Morgan fingerprint density at radius 3 is 1.89 bits per heavy atom. The maximum Gasteiger partial charge on any atom is 0.326 e. The zero-order valence-electron chi connectivity index (χ0n) is 19.7. The van der Waals surface area contributed by atoms with Gasteiger partial charge in [0.05, 0.1) is 13.1 Å². The molecule has 0 saturated heterocycles. The number of hydrogen-bond acceptors (Lipinski definition) is 8. The molecule has 0 unspecified atom stereocenters. The van der Waals surface area contributed by atoms with E-state index in [1.165, 1.54) is 0 Å². The van der Waals surface area contributed by atoms with Gasteiger partial charge in [-0.25, -0.2) is 4.79 Å². The van der Waals surface area contributed by atoms with Crippen LogP contribution in [0.15, 0.2) is 0 Å². The van der Waals surface area contributed by atoms with Crippen molar-refractivity contribution in [3.63, 3.8) is 0 Å². The van der Waals surface area contributed by atoms with Crippen LogP contribution >= 0.6 is 0 Å². The third-order valence-corrected chi connectivity index (χ3v) is 5.02. The van der Waals surface area contributed by atoms with E-state index in [1.54, 1.807) is 13.8 Å². The molecule has 15 nitrogen and oxygen atoms in total. The quantitative estimate of drug-likeness (QED) is 0.0985. The van der Waals surface area contributed by atoms with Crippen LogP contribution < -0.4 is 32.7 Å². The Bertz CT molecular complexity index is 804. The molecule has 0 radical (unpaired) electrons. The van der Waals surface area contributed by atoms with Crippen LogP contribution in [0.25, 0.3) is 0 Å². The number of carboxylic acid groups (broad SMARTS) is 2. The van der Waals surface area contributed by atoms with Crippen molar-refractivity contribution in [3.8, 4) is 0 Å². The molecular weight excluding hydrogens is 468 g/mol. The summed E-state index contributed by atoms with van der Waals surface area (Å²) in [5.74, 6) is -6.97. The molecule has 0 aromatic heterocycles. The highest BCUT2D eigenvalue weighted by Gasteiger charge is 2.31. The van der Waals surface area contributed by atoms with Crippen molar-refractivity contribution in [1.82, 2.24) is 21.3 Å². The number of amides is 5. The molecule has 0 rings (SSSR count). The van der Waals surface area contributed by atoms with Crippen LogP contribution in [0.4, 0.5) is 0 Å². The van der Waals surface area contributed by atoms with Crippen molar-refractivity contribution in [2.45, 2.75) is 64.1 Å². The first kappa shape index (κ1) is 31.2. The number of carbonyl (C=O) groups excluding carboxylic acids is 5. The molecule has 15 heteroatoms. The molecule has 35 heavy (non-hydrogen) atoms. The fourth-order valence-corrected chi connectivity index (χ4v) is 2.79. The Hall–Kier alpha value is -3.75. The minimum absolute atomic E-state index is 0.272. The lowest BCUT2D eigenvalue weighted by molar-refractivity contribution is -0.143. The van der Waals surface area contributed by atoms with Crippen molar-refractivity contribution < 1.29 is 43.8 Å². The summed E-state index contributed by atoms with van der Waals surface area (Å²) in [5.41, 5.74) is 10.3. The van der Waals surface area contributed by atoms with E-state index < -0.39 is 84.9 Å². The van der Waals surface area contributed by atoms with Crippen molar-refractivity contribution >= 4 is 41.5 Å². The molecule has 4 atom stereocenters. The highest BCUT2D eigenvalue weighted by Crippen LogP contribution is 2.10. The Morgan fingerprint density at radius 2 is 1.40 bits per heavy atom. The second-order valence-corrected chi connectivity index (χ2v) is 7.81. The number of primary amides is 1. The molecule has 0 aliphatic heterocycles. The maximum atomic E-state index is 12.9. The molecule has 0 saturated carbocycles. The molecule has 5 amide bonds. The monoisotopic (exact) mass is 502 g/mol. The van der Waals surface area contributed by atoms with Gasteiger partial charge >= 0.3 is 11.9 Å². The van der Waals surface area contributed by atoms with Gasteiger partial charge in [-0.15, -0.1) is 0 Å². The Kier molecular flexibility index (Phi) is 14.3. The van der Waals surface area contributed by atoms with Gasteiger partial charge < -0.3 is 42.9 Å². The van der Waals surface area contributed by atoms with Crippen LogP contribution in [0, 0.1) is 5.92 Å². The summed E-state index contributed by atoms with van der Waals surface area (Å²) in [6.07, 6.45) is -1.09. The summed E-state index contributed by atoms with van der Waals surface area (Å²) in [6, 6.07) is -4.08. The van der Waals surface area contributed by atoms with Crippen LogP contribution in [0.5, 0.6) is 0 Å². The molecule has 0 aromatic carbocycles. The SMILES string of the molecule is CC[C@H](C)[C@H](NC(=O)CNC(=O)CN)C(=O)N[C@@H](CCC(N)=O)C(=O)N[C@@H](CCC(=O)O)C(=O)O. The standard InChI is InChI=1S/C20H34N6O9/c1-3-10(2)17(26-15(29)9-23-14(28)8-21)19(33)24-11(4-6-13(22)27)18(32)25-12(20(34)35)5-7-16(30)31/h10-12,17H,3-9,21H2,1-2H3,(H2,22,27)(H,23,28)(H,24,33)(H,25,32)(H,26,29)(H,30,31)(H,34,35)/t10-,11-,12-,17-/m0/s1. The third kappa shape index (κ3) is 12.9. The lowest BCUT2D eigenvalue weighted by atomic mass is 9.97. The summed E-state index contributed by atoms with van der Waals surface area (Å²) in [6.45, 7) is 2.65. The molecule has 0 bridgehead atoms. The van der Waals surface area contributed by atoms with Gasteiger partial charge in [-0.1, -0.05) is 20.3 Å². The average molecular weight is 503 g/mol. The summed E-state index contributed by atoms with van der Waals surface area (Å²) in [7, 11) is 0. The van der Waals surface area contributed by atoms with Gasteiger partial charge in [0.1, 0.15) is 18.1 Å². The van der Waals surface area contributed by atoms with E-state index in [0.717, 1.165) is 0 Å². The molecule has 0 aromatic rings. The van der Waals surface area contributed by atoms with Crippen molar-refractivity contribution in [2.75, 3.05) is 13.1 Å². The zero-order chi connectivity index (χ0) is 27.1. The first-order chi connectivity index (χ1) is 16.3. The summed E-state index contributed by atoms with van der Waals surface area (Å²) >= 11 is 0. The van der Waals surface area contributed by atoms with Crippen LogP contribution in [0.2, 0.25) is 0 Å². The predicted octanol–water partition coefficient (Wildman–Crippen LogP) is -3.22. The van der Waals surface area contributed by atoms with Crippen LogP contribution in [0.3, 0.4) is 0 Å². The lowest BCUT2D eigenvalue weighted by Gasteiger charge is -2.27. The number of rotatable bonds is 17. The normalized spacial score (nSPS) is 13.9. The van der Waals surface area contributed by atoms with Gasteiger partial charge in [-0.3, -0.25) is 28.8 Å². The molecule has 0 aliphatic carbocycles. The number of hydrogen-bond donors (Lipinski definition) is 8. The maximum absolute atomic E-state index is 12.9. The number of carboxylic acids is 2. The largest absolute Gasteiger partial charge is 0.481 e. The van der Waals surface area contributed by atoms with Gasteiger partial charge in [-0.05, 0) is 18.8 Å². The van der Waals surface area contributed by atoms with Gasteiger partial charge in [0.15, 0.2) is 0 Å². The second-order valence-electron chi connectivity index (χ2n) is 7.81. The Labute approximate surface area is 201 Å². The van der Waals surface area contributed by atoms with Gasteiger partial charge in [0.2, 0.25) is 29.5 Å². The minimum atomic E-state index is -1.55. The summed E-state index contributed by atoms with van der Waals surface area (Å²) in [4.78, 5) is 82.4. The van der Waals surface area contributed by atoms with Crippen LogP contribution in [0.1, 0.15) is 46.0 Å². The molecule has 198 valence electrons. The second kappa shape index (κ2) is 16.0. The third-order valence-electron chi connectivity index (χ3n) is 5.02. The molecular formula is C20H34N6O9. The smallest absolute Gasteiger partial charge is 0.326 e. The van der Waals surface area contributed by atoms with Crippen molar-refractivity contribution in [2.24, 2.45) is 17.4 Å². The number of nitrogens with one attached hydrogen (secondary N) is 4. The van der Waals surface area contributed by atoms with Gasteiger partial charge in [0.25, 0.3) is 0 Å². The topological polar surface area (TPSA) is 260 Å².